The van der Waals surface area contributed by atoms with Crippen molar-refractivity contribution in [3.63, 3.8) is 0 Å². The van der Waals surface area contributed by atoms with Crippen molar-refractivity contribution in [1.82, 2.24) is 9.88 Å². The zero-order valence-electron chi connectivity index (χ0n) is 16.1. The normalized spacial score (nSPS) is 15.5. The van der Waals surface area contributed by atoms with E-state index < -0.39 is 0 Å². The number of carbonyl (C=O) groups is 1. The van der Waals surface area contributed by atoms with Gasteiger partial charge >= 0.3 is 0 Å². The molecule has 1 fully saturated rings. The Morgan fingerprint density at radius 2 is 2.00 bits per heavy atom. The van der Waals surface area contributed by atoms with E-state index >= 15 is 0 Å². The Morgan fingerprint density at radius 1 is 1.27 bits per heavy atom. The van der Waals surface area contributed by atoms with Crippen LogP contribution >= 0.6 is 11.3 Å². The first kappa shape index (κ1) is 19.3. The number of ether oxygens (including phenoxy) is 1. The monoisotopic (exact) mass is 375 g/mol. The van der Waals surface area contributed by atoms with E-state index in [2.05, 4.69) is 37.8 Å². The van der Waals surface area contributed by atoms with Crippen LogP contribution in [0.15, 0.2) is 12.1 Å². The van der Waals surface area contributed by atoms with Gasteiger partial charge in [0.15, 0.2) is 5.13 Å². The number of hydrogen-bond acceptors (Lipinski definition) is 5. The zero-order chi connectivity index (χ0) is 18.5. The molecule has 2 heterocycles. The van der Waals surface area contributed by atoms with Crippen molar-refractivity contribution in [2.75, 3.05) is 44.3 Å². The number of aromatic nitrogens is 1. The van der Waals surface area contributed by atoms with Gasteiger partial charge in [-0.05, 0) is 37.8 Å². The first-order valence-electron chi connectivity index (χ1n) is 9.57. The van der Waals surface area contributed by atoms with Gasteiger partial charge in [-0.3, -0.25) is 14.6 Å². The standard InChI is InChI=1S/C20H29N3O2S/c1-4-6-17(24)23(10-5-9-22-11-13-25-14-12-22)20-21-18-15(2)7-8-16(3)19(18)26-20/h7-8H,4-6,9-14H2,1-3H3. The van der Waals surface area contributed by atoms with Crippen LogP contribution in [0.5, 0.6) is 0 Å². The van der Waals surface area contributed by atoms with Crippen LogP contribution in [0.4, 0.5) is 5.13 Å². The molecule has 0 aliphatic carbocycles. The molecule has 3 rings (SSSR count). The highest BCUT2D eigenvalue weighted by molar-refractivity contribution is 7.22. The SMILES string of the molecule is CCCC(=O)N(CCCN1CCOCC1)c1nc2c(C)ccc(C)c2s1. The number of thiazole rings is 1. The van der Waals surface area contributed by atoms with Gasteiger partial charge < -0.3 is 4.74 Å². The molecule has 0 radical (unpaired) electrons. The Morgan fingerprint density at radius 3 is 2.69 bits per heavy atom. The molecule has 1 aromatic carbocycles. The molecule has 1 amide bonds. The van der Waals surface area contributed by atoms with Gasteiger partial charge in [-0.15, -0.1) is 0 Å². The van der Waals surface area contributed by atoms with E-state index in [0.29, 0.717) is 6.42 Å². The van der Waals surface area contributed by atoms with Gasteiger partial charge in [0, 0.05) is 32.6 Å². The van der Waals surface area contributed by atoms with Crippen LogP contribution in [0.2, 0.25) is 0 Å². The third kappa shape index (κ3) is 4.42. The Hall–Kier alpha value is -1.50. The molecule has 0 N–H and O–H groups in total. The maximum Gasteiger partial charge on any atom is 0.228 e. The fourth-order valence-corrected chi connectivity index (χ4v) is 4.47. The van der Waals surface area contributed by atoms with Gasteiger partial charge in [-0.25, -0.2) is 4.98 Å². The first-order valence-corrected chi connectivity index (χ1v) is 10.4. The number of benzene rings is 1. The summed E-state index contributed by atoms with van der Waals surface area (Å²) in [6.07, 6.45) is 2.40. The van der Waals surface area contributed by atoms with Gasteiger partial charge in [0.1, 0.15) is 0 Å². The lowest BCUT2D eigenvalue weighted by atomic mass is 10.1. The van der Waals surface area contributed by atoms with E-state index in [9.17, 15) is 4.79 Å². The first-order chi connectivity index (χ1) is 12.6. The minimum atomic E-state index is 0.184. The zero-order valence-corrected chi connectivity index (χ0v) is 16.9. The summed E-state index contributed by atoms with van der Waals surface area (Å²) in [6, 6.07) is 4.24. The third-order valence-electron chi connectivity index (χ3n) is 4.89. The lowest BCUT2D eigenvalue weighted by molar-refractivity contribution is -0.118. The quantitative estimate of drug-likeness (QED) is 0.739. The lowest BCUT2D eigenvalue weighted by Gasteiger charge is -2.27. The molecular formula is C20H29N3O2S. The van der Waals surface area contributed by atoms with Crippen LogP contribution in [0.3, 0.4) is 0 Å². The van der Waals surface area contributed by atoms with Gasteiger partial charge in [0.25, 0.3) is 0 Å². The summed E-state index contributed by atoms with van der Waals surface area (Å²) < 4.78 is 6.60. The van der Waals surface area contributed by atoms with Gasteiger partial charge in [-0.2, -0.15) is 0 Å². The lowest BCUT2D eigenvalue weighted by Crippen LogP contribution is -2.39. The van der Waals surface area contributed by atoms with Crippen LogP contribution in [0, 0.1) is 13.8 Å². The van der Waals surface area contributed by atoms with Crippen molar-refractivity contribution < 1.29 is 9.53 Å². The number of aryl methyl sites for hydroxylation is 2. The number of nitrogens with zero attached hydrogens (tertiary/aromatic N) is 3. The summed E-state index contributed by atoms with van der Waals surface area (Å²) in [6.45, 7) is 11.6. The van der Waals surface area contributed by atoms with Crippen molar-refractivity contribution >= 4 is 32.6 Å². The summed E-state index contributed by atoms with van der Waals surface area (Å²) in [5.74, 6) is 0.184. The molecule has 1 aliphatic heterocycles. The number of rotatable bonds is 7. The Bertz CT molecular complexity index is 714. The molecule has 26 heavy (non-hydrogen) atoms. The Kier molecular flexibility index (Phi) is 6.62. The van der Waals surface area contributed by atoms with Crippen molar-refractivity contribution in [3.8, 4) is 0 Å². The van der Waals surface area contributed by atoms with Crippen molar-refractivity contribution in [3.05, 3.63) is 23.3 Å². The fraction of sp³-hybridized carbons (Fsp3) is 0.600. The molecule has 0 spiro atoms. The van der Waals surface area contributed by atoms with Gasteiger partial charge in [0.05, 0.1) is 23.4 Å². The maximum atomic E-state index is 12.7. The Balaban J connectivity index is 1.76. The van der Waals surface area contributed by atoms with Crippen molar-refractivity contribution in [2.24, 2.45) is 0 Å². The van der Waals surface area contributed by atoms with Crippen molar-refractivity contribution in [1.29, 1.82) is 0 Å². The molecule has 1 aromatic heterocycles. The number of amides is 1. The second-order valence-electron chi connectivity index (χ2n) is 6.98. The van der Waals surface area contributed by atoms with Gasteiger partial charge in [-0.1, -0.05) is 30.4 Å². The average Bonchev–Trinajstić information content (AvgIpc) is 3.09. The fourth-order valence-electron chi connectivity index (χ4n) is 3.32. The van der Waals surface area contributed by atoms with E-state index in [1.807, 2.05) is 4.90 Å². The van der Waals surface area contributed by atoms with Crippen LogP contribution in [-0.4, -0.2) is 55.2 Å². The highest BCUT2D eigenvalue weighted by Gasteiger charge is 2.20. The number of morpholine rings is 1. The summed E-state index contributed by atoms with van der Waals surface area (Å²) in [7, 11) is 0. The van der Waals surface area contributed by atoms with Gasteiger partial charge in [0.2, 0.25) is 5.91 Å². The smallest absolute Gasteiger partial charge is 0.228 e. The molecule has 142 valence electrons. The van der Waals surface area contributed by atoms with E-state index in [1.54, 1.807) is 11.3 Å². The summed E-state index contributed by atoms with van der Waals surface area (Å²) in [4.78, 5) is 21.9. The largest absolute Gasteiger partial charge is 0.379 e. The molecule has 2 aromatic rings. The van der Waals surface area contributed by atoms with Crippen LogP contribution < -0.4 is 4.90 Å². The maximum absolute atomic E-state index is 12.7. The topological polar surface area (TPSA) is 45.7 Å². The minimum Gasteiger partial charge on any atom is -0.379 e. The molecule has 0 atom stereocenters. The van der Waals surface area contributed by atoms with E-state index in [-0.39, 0.29) is 5.91 Å². The summed E-state index contributed by atoms with van der Waals surface area (Å²) in [5.41, 5.74) is 3.43. The number of fused-ring (bicyclic) bond motifs is 1. The predicted molar refractivity (Wildman–Crippen MR) is 108 cm³/mol. The van der Waals surface area contributed by atoms with E-state index in [0.717, 1.165) is 62.9 Å². The second kappa shape index (κ2) is 8.93. The van der Waals surface area contributed by atoms with E-state index in [4.69, 9.17) is 9.72 Å². The summed E-state index contributed by atoms with van der Waals surface area (Å²) >= 11 is 1.65. The Labute approximate surface area is 160 Å². The molecule has 0 unspecified atom stereocenters. The predicted octanol–water partition coefficient (Wildman–Crippen LogP) is 3.77. The molecule has 0 saturated carbocycles. The summed E-state index contributed by atoms with van der Waals surface area (Å²) in [5, 5.41) is 0.845. The van der Waals surface area contributed by atoms with Crippen LogP contribution in [0.1, 0.15) is 37.3 Å². The number of carbonyl (C=O) groups excluding carboxylic acids is 1. The van der Waals surface area contributed by atoms with E-state index in [1.165, 1.54) is 15.8 Å². The molecular weight excluding hydrogens is 346 g/mol. The molecule has 0 bridgehead atoms. The second-order valence-corrected chi connectivity index (χ2v) is 7.95. The average molecular weight is 376 g/mol. The van der Waals surface area contributed by atoms with Crippen LogP contribution in [0.25, 0.3) is 10.2 Å². The van der Waals surface area contributed by atoms with Crippen molar-refractivity contribution in [2.45, 2.75) is 40.0 Å². The molecule has 5 nitrogen and oxygen atoms in total. The van der Waals surface area contributed by atoms with Crippen LogP contribution in [-0.2, 0) is 9.53 Å². The highest BCUT2D eigenvalue weighted by atomic mass is 32.1. The highest BCUT2D eigenvalue weighted by Crippen LogP contribution is 2.33. The number of hydrogen-bond donors (Lipinski definition) is 0. The minimum absolute atomic E-state index is 0.184. The molecule has 6 heteroatoms. The molecule has 1 aliphatic rings. The number of anilines is 1. The third-order valence-corrected chi connectivity index (χ3v) is 6.10. The molecule has 1 saturated heterocycles.